The van der Waals surface area contributed by atoms with Crippen LogP contribution in [-0.4, -0.2) is 18.3 Å². The topological polar surface area (TPSA) is 69.4 Å². The molecule has 15 heavy (non-hydrogen) atoms. The highest BCUT2D eigenvalue weighted by Gasteiger charge is 2.04. The first-order valence-corrected chi connectivity index (χ1v) is 4.71. The van der Waals surface area contributed by atoms with Gasteiger partial charge in [-0.3, -0.25) is 9.59 Å². The van der Waals surface area contributed by atoms with Crippen molar-refractivity contribution < 1.29 is 14.3 Å². The zero-order chi connectivity index (χ0) is 11.3. The van der Waals surface area contributed by atoms with Gasteiger partial charge >= 0.3 is 5.97 Å². The van der Waals surface area contributed by atoms with E-state index in [0.717, 1.165) is 0 Å². The zero-order valence-electron chi connectivity index (χ0n) is 8.53. The molecule has 0 heterocycles. The number of hydrogen-bond acceptors (Lipinski definition) is 4. The number of carbonyl (C=O) groups excluding carboxylic acids is 2. The molecule has 0 saturated heterocycles. The number of ketones is 1. The summed E-state index contributed by atoms with van der Waals surface area (Å²) in [5.74, 6) is 0.00620. The van der Waals surface area contributed by atoms with Crippen LogP contribution >= 0.6 is 0 Å². The van der Waals surface area contributed by atoms with Crippen LogP contribution in [0.2, 0.25) is 0 Å². The van der Waals surface area contributed by atoms with Crippen molar-refractivity contribution in [1.29, 1.82) is 0 Å². The summed E-state index contributed by atoms with van der Waals surface area (Å²) >= 11 is 0. The first kappa shape index (κ1) is 11.4. The van der Waals surface area contributed by atoms with E-state index in [2.05, 4.69) is 0 Å². The Morgan fingerprint density at radius 3 is 2.33 bits per heavy atom. The van der Waals surface area contributed by atoms with Crippen LogP contribution in [0.15, 0.2) is 24.3 Å². The number of ether oxygens (including phenoxy) is 1. The molecular formula is C11H13NO3. The molecule has 0 aliphatic heterocycles. The monoisotopic (exact) mass is 207 g/mol. The maximum absolute atomic E-state index is 11.2. The number of benzene rings is 1. The lowest BCUT2D eigenvalue weighted by atomic mass is 10.1. The van der Waals surface area contributed by atoms with E-state index in [1.165, 1.54) is 0 Å². The Morgan fingerprint density at radius 2 is 1.87 bits per heavy atom. The minimum absolute atomic E-state index is 0.0197. The summed E-state index contributed by atoms with van der Waals surface area (Å²) in [4.78, 5) is 22.1. The second-order valence-electron chi connectivity index (χ2n) is 2.98. The van der Waals surface area contributed by atoms with Crippen LogP contribution in [0.4, 0.5) is 0 Å². The number of nitrogens with two attached hydrogens (primary N) is 1. The van der Waals surface area contributed by atoms with Crippen LogP contribution in [0.5, 0.6) is 5.75 Å². The second-order valence-corrected chi connectivity index (χ2v) is 2.98. The molecule has 1 aromatic carbocycles. The predicted octanol–water partition coefficient (Wildman–Crippen LogP) is 1.14. The molecule has 4 heteroatoms. The Kier molecular flexibility index (Phi) is 4.00. The van der Waals surface area contributed by atoms with Crippen molar-refractivity contribution in [1.82, 2.24) is 0 Å². The average molecular weight is 207 g/mol. The summed E-state index contributed by atoms with van der Waals surface area (Å²) < 4.78 is 4.95. The number of hydrogen-bond donors (Lipinski definition) is 1. The van der Waals surface area contributed by atoms with Crippen molar-refractivity contribution in [3.05, 3.63) is 29.8 Å². The predicted molar refractivity (Wildman–Crippen MR) is 55.8 cm³/mol. The molecule has 4 nitrogen and oxygen atoms in total. The molecule has 0 aliphatic rings. The quantitative estimate of drug-likeness (QED) is 0.456. The average Bonchev–Trinajstić information content (AvgIpc) is 2.29. The molecule has 0 radical (unpaired) electrons. The van der Waals surface area contributed by atoms with Crippen LogP contribution in [-0.2, 0) is 4.79 Å². The number of esters is 1. The van der Waals surface area contributed by atoms with Gasteiger partial charge in [0.25, 0.3) is 0 Å². The third kappa shape index (κ3) is 3.18. The van der Waals surface area contributed by atoms with Crippen LogP contribution < -0.4 is 10.5 Å². The largest absolute Gasteiger partial charge is 0.427 e. The van der Waals surface area contributed by atoms with Gasteiger partial charge in [-0.15, -0.1) is 0 Å². The second kappa shape index (κ2) is 5.26. The fraction of sp³-hybridized carbons (Fsp3) is 0.273. The van der Waals surface area contributed by atoms with Gasteiger partial charge in [0.1, 0.15) is 5.75 Å². The van der Waals surface area contributed by atoms with Crippen LogP contribution in [0.25, 0.3) is 0 Å². The van der Waals surface area contributed by atoms with Gasteiger partial charge in [0.05, 0.1) is 6.54 Å². The molecule has 0 saturated carbocycles. The summed E-state index contributed by atoms with van der Waals surface area (Å²) in [6.07, 6.45) is 0.323. The molecule has 80 valence electrons. The molecule has 0 aromatic heterocycles. The normalized spacial score (nSPS) is 9.73. The lowest BCUT2D eigenvalue weighted by Gasteiger charge is -2.03. The van der Waals surface area contributed by atoms with Crippen molar-refractivity contribution >= 4 is 11.8 Å². The van der Waals surface area contributed by atoms with E-state index in [1.807, 2.05) is 0 Å². The SMILES string of the molecule is CCC(=O)Oc1ccc(C(=O)CN)cc1. The molecule has 0 atom stereocenters. The summed E-state index contributed by atoms with van der Waals surface area (Å²) in [5, 5.41) is 0. The Morgan fingerprint density at radius 1 is 1.27 bits per heavy atom. The standard InChI is InChI=1S/C11H13NO3/c1-2-11(14)15-9-5-3-8(4-6-9)10(13)7-12/h3-6H,2,7,12H2,1H3. The zero-order valence-corrected chi connectivity index (χ0v) is 8.53. The highest BCUT2D eigenvalue weighted by atomic mass is 16.5. The highest BCUT2D eigenvalue weighted by molar-refractivity contribution is 5.97. The first-order chi connectivity index (χ1) is 7.17. The van der Waals surface area contributed by atoms with Crippen molar-refractivity contribution in [2.24, 2.45) is 5.73 Å². The van der Waals surface area contributed by atoms with Gasteiger partial charge in [0.15, 0.2) is 5.78 Å². The fourth-order valence-corrected chi connectivity index (χ4v) is 1.03. The summed E-state index contributed by atoms with van der Waals surface area (Å²) in [5.41, 5.74) is 5.73. The van der Waals surface area contributed by atoms with E-state index in [1.54, 1.807) is 31.2 Å². The van der Waals surface area contributed by atoms with Gasteiger partial charge < -0.3 is 10.5 Å². The molecule has 1 aromatic rings. The van der Waals surface area contributed by atoms with E-state index >= 15 is 0 Å². The van der Waals surface area contributed by atoms with E-state index in [9.17, 15) is 9.59 Å². The molecule has 1 rings (SSSR count). The third-order valence-electron chi connectivity index (χ3n) is 1.88. The molecule has 0 aliphatic carbocycles. The molecule has 0 bridgehead atoms. The van der Waals surface area contributed by atoms with Crippen LogP contribution in [0.3, 0.4) is 0 Å². The molecule has 0 unspecified atom stereocenters. The molecular weight excluding hydrogens is 194 g/mol. The molecule has 0 amide bonds. The van der Waals surface area contributed by atoms with Crippen molar-refractivity contribution in [2.45, 2.75) is 13.3 Å². The lowest BCUT2D eigenvalue weighted by molar-refractivity contribution is -0.134. The van der Waals surface area contributed by atoms with Crippen LogP contribution in [0.1, 0.15) is 23.7 Å². The van der Waals surface area contributed by atoms with Gasteiger partial charge in [-0.1, -0.05) is 6.92 Å². The van der Waals surface area contributed by atoms with Gasteiger partial charge in [-0.25, -0.2) is 0 Å². The number of carbonyl (C=O) groups is 2. The fourth-order valence-electron chi connectivity index (χ4n) is 1.03. The maximum Gasteiger partial charge on any atom is 0.310 e. The Balaban J connectivity index is 2.72. The Bertz CT molecular complexity index is 357. The van der Waals surface area contributed by atoms with Crippen LogP contribution in [0, 0.1) is 0 Å². The summed E-state index contributed by atoms with van der Waals surface area (Å²) in [7, 11) is 0. The van der Waals surface area contributed by atoms with E-state index in [4.69, 9.17) is 10.5 Å². The molecule has 0 spiro atoms. The lowest BCUT2D eigenvalue weighted by Crippen LogP contribution is -2.13. The smallest absolute Gasteiger partial charge is 0.310 e. The van der Waals surface area contributed by atoms with Gasteiger partial charge in [-0.05, 0) is 24.3 Å². The minimum atomic E-state index is -0.298. The number of rotatable bonds is 4. The molecule has 2 N–H and O–H groups in total. The summed E-state index contributed by atoms with van der Waals surface area (Å²) in [6, 6.07) is 6.34. The Hall–Kier alpha value is -1.68. The van der Waals surface area contributed by atoms with Crippen molar-refractivity contribution in [2.75, 3.05) is 6.54 Å². The minimum Gasteiger partial charge on any atom is -0.427 e. The number of Topliss-reactive ketones (excluding diaryl/α,β-unsaturated/α-hetero) is 1. The van der Waals surface area contributed by atoms with E-state index in [-0.39, 0.29) is 18.3 Å². The van der Waals surface area contributed by atoms with Gasteiger partial charge in [0.2, 0.25) is 0 Å². The van der Waals surface area contributed by atoms with Gasteiger partial charge in [0, 0.05) is 12.0 Å². The van der Waals surface area contributed by atoms with Gasteiger partial charge in [-0.2, -0.15) is 0 Å². The van der Waals surface area contributed by atoms with E-state index < -0.39 is 0 Å². The van der Waals surface area contributed by atoms with Crippen molar-refractivity contribution in [3.8, 4) is 5.75 Å². The summed E-state index contributed by atoms with van der Waals surface area (Å²) in [6.45, 7) is 1.70. The maximum atomic E-state index is 11.2. The Labute approximate surface area is 88.0 Å². The van der Waals surface area contributed by atoms with E-state index in [0.29, 0.717) is 17.7 Å². The first-order valence-electron chi connectivity index (χ1n) is 4.71. The highest BCUT2D eigenvalue weighted by Crippen LogP contribution is 2.12. The van der Waals surface area contributed by atoms with Crippen molar-refractivity contribution in [3.63, 3.8) is 0 Å². The third-order valence-corrected chi connectivity index (χ3v) is 1.88. The molecule has 0 fully saturated rings.